The molecule has 0 atom stereocenters. The average molecular weight is 383 g/mol. The molecule has 3 heterocycles. The van der Waals surface area contributed by atoms with Crippen LogP contribution in [0.25, 0.3) is 16.0 Å². The Morgan fingerprint density at radius 3 is 2.92 bits per heavy atom. The van der Waals surface area contributed by atoms with Crippen LogP contribution in [0.4, 0.5) is 8.78 Å². The standard InChI is InChI=1S/C15H9ClF2N4O2S/c16-12-11(21-5-6-25-15(21)20-12)13(23)24-7-10-19-8-3-1-2-4-9(8)22(10)14(17)18/h1-6,14H,7H2. The van der Waals surface area contributed by atoms with Crippen LogP contribution >= 0.6 is 22.9 Å². The summed E-state index contributed by atoms with van der Waals surface area (Å²) in [5.74, 6) is -0.810. The van der Waals surface area contributed by atoms with Crippen LogP contribution in [-0.4, -0.2) is 24.9 Å². The van der Waals surface area contributed by atoms with E-state index in [1.54, 1.807) is 29.8 Å². The van der Waals surface area contributed by atoms with Crippen molar-refractivity contribution in [2.24, 2.45) is 0 Å². The summed E-state index contributed by atoms with van der Waals surface area (Å²) in [4.78, 5) is 21.0. The number of carbonyl (C=O) groups excluding carboxylic acids is 1. The second-order valence-corrected chi connectivity index (χ2v) is 6.28. The number of halogens is 3. The van der Waals surface area contributed by atoms with Crippen LogP contribution in [0.15, 0.2) is 35.8 Å². The molecule has 0 N–H and O–H groups in total. The van der Waals surface area contributed by atoms with Crippen LogP contribution in [0.1, 0.15) is 22.9 Å². The van der Waals surface area contributed by atoms with Gasteiger partial charge in [0.05, 0.1) is 11.0 Å². The van der Waals surface area contributed by atoms with Gasteiger partial charge in [0.25, 0.3) is 0 Å². The average Bonchev–Trinajstić information content (AvgIpc) is 3.23. The highest BCUT2D eigenvalue weighted by molar-refractivity contribution is 7.15. The molecule has 0 aliphatic carbocycles. The predicted octanol–water partition coefficient (Wildman–Crippen LogP) is 4.15. The highest BCUT2D eigenvalue weighted by Gasteiger charge is 2.23. The lowest BCUT2D eigenvalue weighted by Gasteiger charge is -2.08. The van der Waals surface area contributed by atoms with Crippen molar-refractivity contribution in [3.05, 3.63) is 52.5 Å². The van der Waals surface area contributed by atoms with Gasteiger partial charge in [-0.3, -0.25) is 8.97 Å². The lowest BCUT2D eigenvalue weighted by Crippen LogP contribution is -2.12. The largest absolute Gasteiger partial charge is 0.453 e. The number of hydrogen-bond acceptors (Lipinski definition) is 5. The Balaban J connectivity index is 1.64. The SMILES string of the molecule is O=C(OCc1nc2ccccc2n1C(F)F)c1c(Cl)nc2sccn12. The van der Waals surface area contributed by atoms with E-state index in [9.17, 15) is 13.6 Å². The fourth-order valence-corrected chi connectivity index (χ4v) is 3.57. The number of aromatic nitrogens is 4. The lowest BCUT2D eigenvalue weighted by atomic mass is 10.3. The monoisotopic (exact) mass is 382 g/mol. The third-order valence-electron chi connectivity index (χ3n) is 3.61. The number of ether oxygens (including phenoxy) is 1. The van der Waals surface area contributed by atoms with Gasteiger partial charge in [-0.05, 0) is 12.1 Å². The van der Waals surface area contributed by atoms with Crippen molar-refractivity contribution >= 4 is 44.9 Å². The second-order valence-electron chi connectivity index (χ2n) is 5.05. The van der Waals surface area contributed by atoms with E-state index in [2.05, 4.69) is 9.97 Å². The molecule has 0 amide bonds. The summed E-state index contributed by atoms with van der Waals surface area (Å²) in [6.45, 7) is -3.21. The van der Waals surface area contributed by atoms with E-state index >= 15 is 0 Å². The van der Waals surface area contributed by atoms with Gasteiger partial charge in [-0.1, -0.05) is 23.7 Å². The van der Waals surface area contributed by atoms with Gasteiger partial charge in [-0.2, -0.15) is 8.78 Å². The molecule has 0 saturated carbocycles. The summed E-state index contributed by atoms with van der Waals surface area (Å²) in [6.07, 6.45) is 1.63. The molecule has 0 bridgehead atoms. The van der Waals surface area contributed by atoms with Gasteiger partial charge in [0.1, 0.15) is 6.61 Å². The minimum atomic E-state index is -2.80. The van der Waals surface area contributed by atoms with E-state index in [0.717, 1.165) is 4.57 Å². The normalized spacial score (nSPS) is 11.7. The van der Waals surface area contributed by atoms with E-state index in [1.807, 2.05) is 0 Å². The maximum atomic E-state index is 13.4. The van der Waals surface area contributed by atoms with E-state index in [0.29, 0.717) is 10.5 Å². The molecule has 10 heteroatoms. The Labute approximate surface area is 148 Å². The second kappa shape index (κ2) is 6.08. The molecule has 6 nitrogen and oxygen atoms in total. The molecule has 0 aliphatic rings. The van der Waals surface area contributed by atoms with E-state index in [4.69, 9.17) is 16.3 Å². The molecule has 128 valence electrons. The van der Waals surface area contributed by atoms with Crippen molar-refractivity contribution in [1.82, 2.24) is 18.9 Å². The molecule has 0 radical (unpaired) electrons. The van der Waals surface area contributed by atoms with E-state index in [-0.39, 0.29) is 22.2 Å². The highest BCUT2D eigenvalue weighted by Crippen LogP contribution is 2.25. The number of imidazole rings is 2. The molecule has 0 fully saturated rings. The van der Waals surface area contributed by atoms with Crippen LogP contribution in [0.3, 0.4) is 0 Å². The molecule has 0 aliphatic heterocycles. The number of carbonyl (C=O) groups is 1. The third kappa shape index (κ3) is 2.65. The number of alkyl halides is 2. The Hall–Kier alpha value is -2.52. The van der Waals surface area contributed by atoms with Gasteiger partial charge in [0.2, 0.25) is 0 Å². The summed E-state index contributed by atoms with van der Waals surface area (Å²) < 4.78 is 34.1. The smallest absolute Gasteiger partial charge is 0.359 e. The van der Waals surface area contributed by atoms with E-state index in [1.165, 1.54) is 21.8 Å². The first-order chi connectivity index (χ1) is 12.1. The van der Waals surface area contributed by atoms with Gasteiger partial charge in [0.15, 0.2) is 21.6 Å². The minimum Gasteiger partial charge on any atom is -0.453 e. The van der Waals surface area contributed by atoms with Crippen molar-refractivity contribution in [2.75, 3.05) is 0 Å². The fourth-order valence-electron chi connectivity index (χ4n) is 2.55. The maximum Gasteiger partial charge on any atom is 0.359 e. The van der Waals surface area contributed by atoms with Crippen molar-refractivity contribution in [2.45, 2.75) is 13.2 Å². The highest BCUT2D eigenvalue weighted by atomic mass is 35.5. The molecule has 0 spiro atoms. The lowest BCUT2D eigenvalue weighted by molar-refractivity contribution is 0.0381. The van der Waals surface area contributed by atoms with Crippen LogP contribution in [0.2, 0.25) is 5.15 Å². The quantitative estimate of drug-likeness (QED) is 0.497. The van der Waals surface area contributed by atoms with Gasteiger partial charge in [0, 0.05) is 11.6 Å². The number of benzene rings is 1. The zero-order valence-corrected chi connectivity index (χ0v) is 14.0. The van der Waals surface area contributed by atoms with Gasteiger partial charge >= 0.3 is 12.5 Å². The summed E-state index contributed by atoms with van der Waals surface area (Å²) in [5, 5.41) is 1.74. The molecule has 4 rings (SSSR count). The first kappa shape index (κ1) is 16.0. The number of esters is 1. The molecular weight excluding hydrogens is 374 g/mol. The number of fused-ring (bicyclic) bond motifs is 2. The Kier molecular flexibility index (Phi) is 3.89. The van der Waals surface area contributed by atoms with Crippen LogP contribution in [-0.2, 0) is 11.3 Å². The number of para-hydroxylation sites is 2. The molecule has 4 aromatic rings. The zero-order valence-electron chi connectivity index (χ0n) is 12.4. The molecule has 1 aromatic carbocycles. The first-order valence-corrected chi connectivity index (χ1v) is 8.34. The van der Waals surface area contributed by atoms with Crippen molar-refractivity contribution in [1.29, 1.82) is 0 Å². The number of nitrogens with zero attached hydrogens (tertiary/aromatic N) is 4. The fraction of sp³-hybridized carbons (Fsp3) is 0.133. The molecule has 0 saturated heterocycles. The van der Waals surface area contributed by atoms with E-state index < -0.39 is 19.1 Å². The minimum absolute atomic E-state index is 0.000729. The first-order valence-electron chi connectivity index (χ1n) is 7.08. The van der Waals surface area contributed by atoms with Gasteiger partial charge in [-0.25, -0.2) is 14.8 Å². The summed E-state index contributed by atoms with van der Waals surface area (Å²) in [7, 11) is 0. The molecule has 3 aromatic heterocycles. The van der Waals surface area contributed by atoms with Crippen molar-refractivity contribution < 1.29 is 18.3 Å². The number of hydrogen-bond donors (Lipinski definition) is 0. The zero-order chi connectivity index (χ0) is 17.6. The molecule has 0 unspecified atom stereocenters. The number of thiazole rings is 1. The summed E-state index contributed by atoms with van der Waals surface area (Å²) in [5.41, 5.74) is 0.722. The Bertz CT molecular complexity index is 1090. The summed E-state index contributed by atoms with van der Waals surface area (Å²) >= 11 is 7.27. The van der Waals surface area contributed by atoms with Crippen molar-refractivity contribution in [3.8, 4) is 0 Å². The Morgan fingerprint density at radius 1 is 1.32 bits per heavy atom. The van der Waals surface area contributed by atoms with Gasteiger partial charge < -0.3 is 4.74 Å². The topological polar surface area (TPSA) is 61.4 Å². The van der Waals surface area contributed by atoms with Crippen LogP contribution in [0.5, 0.6) is 0 Å². The van der Waals surface area contributed by atoms with Crippen LogP contribution < -0.4 is 0 Å². The Morgan fingerprint density at radius 2 is 2.12 bits per heavy atom. The molecule has 25 heavy (non-hydrogen) atoms. The van der Waals surface area contributed by atoms with Crippen LogP contribution in [0, 0.1) is 0 Å². The van der Waals surface area contributed by atoms with Crippen molar-refractivity contribution in [3.63, 3.8) is 0 Å². The number of rotatable bonds is 4. The predicted molar refractivity (Wildman–Crippen MR) is 88.2 cm³/mol. The third-order valence-corrected chi connectivity index (χ3v) is 4.63. The molecular formula is C15H9ClF2N4O2S. The maximum absolute atomic E-state index is 13.4. The summed E-state index contributed by atoms with van der Waals surface area (Å²) in [6, 6.07) is 6.48. The van der Waals surface area contributed by atoms with Gasteiger partial charge in [-0.15, -0.1) is 11.3 Å².